The standard InChI is InChI=1S/C23H19FN2O2S/c24-21-9-4-3-8-20(21)23-22-10-5-13-25(22)14-15-26(23)29(27,28)19-12-11-17-6-1-2-7-18(17)16-19/h1-13,16,23H,14-15H2/t23-/m0/s1. The number of aromatic nitrogens is 1. The van der Waals surface area contributed by atoms with Crippen LogP contribution in [0.2, 0.25) is 0 Å². The molecule has 5 rings (SSSR count). The molecule has 0 saturated carbocycles. The van der Waals surface area contributed by atoms with E-state index in [1.165, 1.54) is 10.4 Å². The number of fused-ring (bicyclic) bond motifs is 2. The molecule has 4 nitrogen and oxygen atoms in total. The lowest BCUT2D eigenvalue weighted by Gasteiger charge is -2.36. The molecule has 29 heavy (non-hydrogen) atoms. The van der Waals surface area contributed by atoms with Gasteiger partial charge in [-0.05, 0) is 41.1 Å². The SMILES string of the molecule is O=S(=O)(c1ccc2ccccc2c1)N1CCn2cccc2[C@@H]1c1ccccc1F. The minimum absolute atomic E-state index is 0.220. The first kappa shape index (κ1) is 18.1. The fraction of sp³-hybridized carbons (Fsp3) is 0.130. The monoisotopic (exact) mass is 406 g/mol. The maximum absolute atomic E-state index is 14.7. The highest BCUT2D eigenvalue weighted by molar-refractivity contribution is 7.89. The van der Waals surface area contributed by atoms with Crippen molar-refractivity contribution in [3.05, 3.63) is 102 Å². The van der Waals surface area contributed by atoms with Crippen molar-refractivity contribution in [2.45, 2.75) is 17.5 Å². The molecule has 0 radical (unpaired) electrons. The van der Waals surface area contributed by atoms with Crippen LogP contribution in [-0.2, 0) is 16.6 Å². The Hall–Kier alpha value is -2.96. The number of halogens is 1. The topological polar surface area (TPSA) is 42.3 Å². The van der Waals surface area contributed by atoms with Gasteiger partial charge in [-0.2, -0.15) is 4.31 Å². The predicted octanol–water partition coefficient (Wildman–Crippen LogP) is 4.57. The van der Waals surface area contributed by atoms with Gasteiger partial charge in [0.1, 0.15) is 5.82 Å². The third-order valence-electron chi connectivity index (χ3n) is 5.52. The summed E-state index contributed by atoms with van der Waals surface area (Å²) in [7, 11) is -3.83. The Labute approximate surface area is 168 Å². The van der Waals surface area contributed by atoms with E-state index in [-0.39, 0.29) is 11.4 Å². The molecule has 2 heterocycles. The molecule has 0 N–H and O–H groups in total. The molecule has 0 saturated heterocycles. The van der Waals surface area contributed by atoms with Crippen molar-refractivity contribution in [2.24, 2.45) is 0 Å². The van der Waals surface area contributed by atoms with Crippen molar-refractivity contribution in [3.8, 4) is 0 Å². The molecule has 0 amide bonds. The van der Waals surface area contributed by atoms with Gasteiger partial charge in [0.05, 0.1) is 10.9 Å². The summed E-state index contributed by atoms with van der Waals surface area (Å²) < 4.78 is 45.4. The molecule has 0 fully saturated rings. The second kappa shape index (κ2) is 6.83. The Balaban J connectivity index is 1.67. The summed E-state index contributed by atoms with van der Waals surface area (Å²) in [4.78, 5) is 0.220. The van der Waals surface area contributed by atoms with E-state index in [1.54, 1.807) is 30.3 Å². The number of hydrogen-bond acceptors (Lipinski definition) is 2. The van der Waals surface area contributed by atoms with Crippen molar-refractivity contribution in [1.29, 1.82) is 0 Å². The molecule has 1 aromatic heterocycles. The summed E-state index contributed by atoms with van der Waals surface area (Å²) in [6.45, 7) is 0.802. The van der Waals surface area contributed by atoms with E-state index in [1.807, 2.05) is 53.2 Å². The van der Waals surface area contributed by atoms with Gasteiger partial charge in [0.2, 0.25) is 10.0 Å². The molecule has 4 aromatic rings. The second-order valence-electron chi connectivity index (χ2n) is 7.18. The lowest BCUT2D eigenvalue weighted by Crippen LogP contribution is -2.42. The fourth-order valence-electron chi connectivity index (χ4n) is 4.10. The highest BCUT2D eigenvalue weighted by Crippen LogP contribution is 2.37. The van der Waals surface area contributed by atoms with Crippen LogP contribution in [0.4, 0.5) is 4.39 Å². The van der Waals surface area contributed by atoms with Crippen LogP contribution in [0.5, 0.6) is 0 Å². The maximum atomic E-state index is 14.7. The van der Waals surface area contributed by atoms with Crippen LogP contribution in [0.25, 0.3) is 10.8 Å². The van der Waals surface area contributed by atoms with Gasteiger partial charge in [-0.25, -0.2) is 12.8 Å². The average Bonchev–Trinajstić information content (AvgIpc) is 3.22. The van der Waals surface area contributed by atoms with Crippen molar-refractivity contribution < 1.29 is 12.8 Å². The normalized spacial score (nSPS) is 17.3. The minimum Gasteiger partial charge on any atom is -0.348 e. The van der Waals surface area contributed by atoms with Crippen molar-refractivity contribution in [2.75, 3.05) is 6.54 Å². The third-order valence-corrected chi connectivity index (χ3v) is 7.38. The first-order chi connectivity index (χ1) is 14.1. The highest BCUT2D eigenvalue weighted by Gasteiger charge is 2.38. The van der Waals surface area contributed by atoms with Gasteiger partial charge < -0.3 is 4.57 Å². The lowest BCUT2D eigenvalue weighted by molar-refractivity contribution is 0.293. The predicted molar refractivity (Wildman–Crippen MR) is 111 cm³/mol. The van der Waals surface area contributed by atoms with Crippen LogP contribution in [0.15, 0.2) is 90.0 Å². The molecule has 0 aliphatic carbocycles. The fourth-order valence-corrected chi connectivity index (χ4v) is 5.70. The van der Waals surface area contributed by atoms with Gasteiger partial charge in [-0.3, -0.25) is 0 Å². The lowest BCUT2D eigenvalue weighted by atomic mass is 10.0. The van der Waals surface area contributed by atoms with E-state index in [2.05, 4.69) is 0 Å². The molecule has 0 unspecified atom stereocenters. The summed E-state index contributed by atoms with van der Waals surface area (Å²) in [6.07, 6.45) is 1.91. The quantitative estimate of drug-likeness (QED) is 0.500. The molecule has 6 heteroatoms. The smallest absolute Gasteiger partial charge is 0.244 e. The van der Waals surface area contributed by atoms with Gasteiger partial charge in [0.25, 0.3) is 0 Å². The Morgan fingerprint density at radius 2 is 1.59 bits per heavy atom. The number of nitrogens with zero attached hydrogens (tertiary/aromatic N) is 2. The minimum atomic E-state index is -3.83. The molecule has 146 valence electrons. The zero-order chi connectivity index (χ0) is 20.0. The Kier molecular flexibility index (Phi) is 4.26. The van der Waals surface area contributed by atoms with Gasteiger partial charge in [-0.15, -0.1) is 0 Å². The van der Waals surface area contributed by atoms with E-state index in [4.69, 9.17) is 0 Å². The number of benzene rings is 3. The first-order valence-electron chi connectivity index (χ1n) is 9.46. The third kappa shape index (κ3) is 2.96. The molecule has 1 aliphatic rings. The van der Waals surface area contributed by atoms with Crippen molar-refractivity contribution in [3.63, 3.8) is 0 Å². The zero-order valence-electron chi connectivity index (χ0n) is 15.6. The molecule has 3 aromatic carbocycles. The Bertz CT molecular complexity index is 1310. The second-order valence-corrected chi connectivity index (χ2v) is 9.07. The molecule has 1 aliphatic heterocycles. The average molecular weight is 406 g/mol. The van der Waals surface area contributed by atoms with Crippen LogP contribution in [0, 0.1) is 5.82 Å². The first-order valence-corrected chi connectivity index (χ1v) is 10.9. The molecule has 1 atom stereocenters. The summed E-state index contributed by atoms with van der Waals surface area (Å²) in [5.74, 6) is -0.411. The van der Waals surface area contributed by atoms with Crippen molar-refractivity contribution in [1.82, 2.24) is 8.87 Å². The summed E-state index contributed by atoms with van der Waals surface area (Å²) >= 11 is 0. The summed E-state index contributed by atoms with van der Waals surface area (Å²) in [5, 5.41) is 1.83. The summed E-state index contributed by atoms with van der Waals surface area (Å²) in [5.41, 5.74) is 1.13. The Morgan fingerprint density at radius 3 is 2.41 bits per heavy atom. The molecular formula is C23H19FN2O2S. The molecular weight excluding hydrogens is 387 g/mol. The van der Waals surface area contributed by atoms with Gasteiger partial charge in [0.15, 0.2) is 0 Å². The van der Waals surface area contributed by atoms with Crippen LogP contribution in [-0.4, -0.2) is 23.8 Å². The van der Waals surface area contributed by atoms with E-state index < -0.39 is 21.9 Å². The zero-order valence-corrected chi connectivity index (χ0v) is 16.4. The summed E-state index contributed by atoms with van der Waals surface area (Å²) in [6, 6.07) is 22.2. The molecule has 0 spiro atoms. The number of rotatable bonds is 3. The van der Waals surface area contributed by atoms with Crippen LogP contribution < -0.4 is 0 Å². The van der Waals surface area contributed by atoms with E-state index >= 15 is 0 Å². The van der Waals surface area contributed by atoms with Crippen molar-refractivity contribution >= 4 is 20.8 Å². The number of hydrogen-bond donors (Lipinski definition) is 0. The van der Waals surface area contributed by atoms with E-state index in [0.717, 1.165) is 16.5 Å². The van der Waals surface area contributed by atoms with E-state index in [0.29, 0.717) is 12.1 Å². The van der Waals surface area contributed by atoms with Gasteiger partial charge in [0, 0.05) is 30.5 Å². The largest absolute Gasteiger partial charge is 0.348 e. The van der Waals surface area contributed by atoms with E-state index in [9.17, 15) is 12.8 Å². The van der Waals surface area contributed by atoms with Gasteiger partial charge in [-0.1, -0.05) is 48.5 Å². The Morgan fingerprint density at radius 1 is 0.828 bits per heavy atom. The maximum Gasteiger partial charge on any atom is 0.244 e. The van der Waals surface area contributed by atoms with Crippen LogP contribution in [0.3, 0.4) is 0 Å². The molecule has 0 bridgehead atoms. The van der Waals surface area contributed by atoms with Crippen LogP contribution >= 0.6 is 0 Å². The highest BCUT2D eigenvalue weighted by atomic mass is 32.2. The number of sulfonamides is 1. The van der Waals surface area contributed by atoms with Gasteiger partial charge >= 0.3 is 0 Å². The van der Waals surface area contributed by atoms with Crippen LogP contribution in [0.1, 0.15) is 17.3 Å².